The van der Waals surface area contributed by atoms with Gasteiger partial charge in [-0.15, -0.1) is 0 Å². The van der Waals surface area contributed by atoms with E-state index in [0.29, 0.717) is 28.6 Å². The van der Waals surface area contributed by atoms with Crippen LogP contribution in [0.3, 0.4) is 0 Å². The second-order valence-corrected chi connectivity index (χ2v) is 7.07. The van der Waals surface area contributed by atoms with Crippen LogP contribution in [0.4, 0.5) is 5.69 Å². The zero-order valence-electron chi connectivity index (χ0n) is 17.5. The molecule has 160 valence electrons. The maximum atomic E-state index is 12.5. The third kappa shape index (κ3) is 5.82. The highest BCUT2D eigenvalue weighted by Crippen LogP contribution is 2.33. The molecule has 0 atom stereocenters. The molecule has 0 radical (unpaired) electrons. The number of rotatable bonds is 6. The van der Waals surface area contributed by atoms with Crippen molar-refractivity contribution in [2.45, 2.75) is 13.0 Å². The third-order valence-corrected chi connectivity index (χ3v) is 4.00. The van der Waals surface area contributed by atoms with E-state index in [9.17, 15) is 14.7 Å². The highest BCUT2D eigenvalue weighted by molar-refractivity contribution is 5.85. The fraction of sp³-hybridized carbons (Fsp3) is 0.273. The monoisotopic (exact) mass is 414 g/mol. The first-order valence-electron chi connectivity index (χ1n) is 9.13. The maximum absolute atomic E-state index is 12.5. The second kappa shape index (κ2) is 10.4. The van der Waals surface area contributed by atoms with Crippen LogP contribution in [-0.4, -0.2) is 44.7 Å². The van der Waals surface area contributed by atoms with E-state index in [1.54, 1.807) is 18.2 Å². The van der Waals surface area contributed by atoms with Gasteiger partial charge in [0.1, 0.15) is 5.58 Å². The minimum atomic E-state index is -0.533. The Labute approximate surface area is 174 Å². The minimum Gasteiger partial charge on any atom is -0.504 e. The molecule has 8 nitrogen and oxygen atoms in total. The molecule has 1 aromatic heterocycles. The van der Waals surface area contributed by atoms with E-state index >= 15 is 0 Å². The maximum Gasteiger partial charge on any atom is 0.340 e. The van der Waals surface area contributed by atoms with E-state index in [2.05, 4.69) is 4.74 Å². The number of nitrogens with zero attached hydrogens (tertiary/aromatic N) is 1. The first-order valence-corrected chi connectivity index (χ1v) is 9.13. The number of hydrogen-bond donors (Lipinski definition) is 2. The molecule has 30 heavy (non-hydrogen) atoms. The van der Waals surface area contributed by atoms with Gasteiger partial charge in [-0.1, -0.05) is 12.1 Å². The van der Waals surface area contributed by atoms with Crippen LogP contribution in [0.2, 0.25) is 0 Å². The molecule has 0 unspecified atom stereocenters. The fourth-order valence-electron chi connectivity index (χ4n) is 2.86. The van der Waals surface area contributed by atoms with E-state index in [1.165, 1.54) is 19.2 Å². The summed E-state index contributed by atoms with van der Waals surface area (Å²) in [5.74, 6) is -0.340. The van der Waals surface area contributed by atoms with E-state index in [-0.39, 0.29) is 30.2 Å². The van der Waals surface area contributed by atoms with Gasteiger partial charge in [-0.25, -0.2) is 4.79 Å². The summed E-state index contributed by atoms with van der Waals surface area (Å²) in [6.07, 6.45) is 0.301. The molecule has 0 fully saturated rings. The molecule has 0 aliphatic carbocycles. The Morgan fingerprint density at radius 3 is 2.47 bits per heavy atom. The number of nitrogens with two attached hydrogens (primary N) is 1. The molecule has 0 amide bonds. The van der Waals surface area contributed by atoms with Crippen molar-refractivity contribution in [2.24, 2.45) is 0 Å². The smallest absolute Gasteiger partial charge is 0.340 e. The van der Waals surface area contributed by atoms with E-state index in [1.807, 2.05) is 32.1 Å². The van der Waals surface area contributed by atoms with Crippen molar-refractivity contribution in [3.63, 3.8) is 0 Å². The normalized spacial score (nSPS) is 10.6. The third-order valence-electron chi connectivity index (χ3n) is 4.00. The first-order chi connectivity index (χ1) is 14.3. The molecule has 2 aromatic carbocycles. The predicted octanol–water partition coefficient (Wildman–Crippen LogP) is 2.53. The van der Waals surface area contributed by atoms with Gasteiger partial charge in [-0.2, -0.15) is 0 Å². The van der Waals surface area contributed by atoms with Crippen LogP contribution < -0.4 is 16.1 Å². The molecule has 0 saturated carbocycles. The van der Waals surface area contributed by atoms with Crippen LogP contribution >= 0.6 is 0 Å². The number of aromatic hydroxyl groups is 1. The van der Waals surface area contributed by atoms with Gasteiger partial charge in [0.05, 0.1) is 6.61 Å². The summed E-state index contributed by atoms with van der Waals surface area (Å²) < 4.78 is 15.3. The minimum absolute atomic E-state index is 0.0948. The van der Waals surface area contributed by atoms with Crippen molar-refractivity contribution < 1.29 is 23.8 Å². The average molecular weight is 414 g/mol. The first kappa shape index (κ1) is 22.9. The SMILES string of the molecule is CN(C)C.COCc1c(Cc2cccc(N)c2)c(=O)oc2cc(OC=O)c(O)cc12. The standard InChI is InChI=1S/C19H17NO6.C3H9N/c1-24-9-15-13-7-16(22)18(25-10-21)8-17(13)26-19(23)14(15)6-11-3-2-4-12(20)5-11;1-4(2)3/h2-5,7-8,10,22H,6,9,20H2,1H3;1-3H3. The number of anilines is 1. The molecule has 0 aliphatic rings. The summed E-state index contributed by atoms with van der Waals surface area (Å²) >= 11 is 0. The zero-order chi connectivity index (χ0) is 22.3. The molecule has 0 saturated heterocycles. The number of phenols is 1. The lowest BCUT2D eigenvalue weighted by atomic mass is 9.98. The lowest BCUT2D eigenvalue weighted by Crippen LogP contribution is -2.13. The molecule has 0 spiro atoms. The molecule has 0 aliphatic heterocycles. The summed E-state index contributed by atoms with van der Waals surface area (Å²) in [5.41, 5.74) is 7.90. The topological polar surface area (TPSA) is 115 Å². The zero-order valence-corrected chi connectivity index (χ0v) is 17.5. The van der Waals surface area contributed by atoms with Crippen molar-refractivity contribution in [3.8, 4) is 11.5 Å². The quantitative estimate of drug-likeness (QED) is 0.359. The predicted molar refractivity (Wildman–Crippen MR) is 115 cm³/mol. The van der Waals surface area contributed by atoms with Crippen LogP contribution in [0.25, 0.3) is 11.0 Å². The number of fused-ring (bicyclic) bond motifs is 1. The number of hydrogen-bond acceptors (Lipinski definition) is 8. The highest BCUT2D eigenvalue weighted by atomic mass is 16.5. The Morgan fingerprint density at radius 1 is 1.17 bits per heavy atom. The van der Waals surface area contributed by atoms with E-state index < -0.39 is 5.63 Å². The Bertz CT molecular complexity index is 1070. The average Bonchev–Trinajstić information content (AvgIpc) is 2.66. The second-order valence-electron chi connectivity index (χ2n) is 7.07. The van der Waals surface area contributed by atoms with Crippen molar-refractivity contribution in [2.75, 3.05) is 34.0 Å². The van der Waals surface area contributed by atoms with Gasteiger partial charge < -0.3 is 29.6 Å². The Balaban J connectivity index is 0.000000735. The summed E-state index contributed by atoms with van der Waals surface area (Å²) in [6.45, 7) is 0.330. The van der Waals surface area contributed by atoms with Crippen molar-refractivity contribution in [3.05, 3.63) is 63.5 Å². The number of carbonyl (C=O) groups excluding carboxylic acids is 1. The molecule has 3 rings (SSSR count). The summed E-state index contributed by atoms with van der Waals surface area (Å²) in [4.78, 5) is 25.1. The fourth-order valence-corrected chi connectivity index (χ4v) is 2.86. The lowest BCUT2D eigenvalue weighted by molar-refractivity contribution is -0.120. The van der Waals surface area contributed by atoms with Crippen molar-refractivity contribution in [1.29, 1.82) is 0 Å². The van der Waals surface area contributed by atoms with Gasteiger partial charge in [-0.3, -0.25) is 4.79 Å². The van der Waals surface area contributed by atoms with Gasteiger partial charge in [0.2, 0.25) is 0 Å². The molecular weight excluding hydrogens is 388 g/mol. The summed E-state index contributed by atoms with van der Waals surface area (Å²) in [6, 6.07) is 9.87. The van der Waals surface area contributed by atoms with Crippen molar-refractivity contribution in [1.82, 2.24) is 4.90 Å². The Morgan fingerprint density at radius 2 is 1.87 bits per heavy atom. The Kier molecular flexibility index (Phi) is 7.97. The highest BCUT2D eigenvalue weighted by Gasteiger charge is 2.18. The number of methoxy groups -OCH3 is 1. The van der Waals surface area contributed by atoms with Gasteiger partial charge in [-0.05, 0) is 50.5 Å². The van der Waals surface area contributed by atoms with Gasteiger partial charge >= 0.3 is 5.63 Å². The molecule has 1 heterocycles. The van der Waals surface area contributed by atoms with Crippen molar-refractivity contribution >= 4 is 23.1 Å². The molecule has 8 heteroatoms. The van der Waals surface area contributed by atoms with Crippen LogP contribution in [0, 0.1) is 0 Å². The Hall–Kier alpha value is -3.36. The number of phenolic OH excluding ortho intramolecular Hbond substituents is 1. The van der Waals surface area contributed by atoms with Crippen LogP contribution in [0.1, 0.15) is 16.7 Å². The lowest BCUT2D eigenvalue weighted by Gasteiger charge is -2.12. The summed E-state index contributed by atoms with van der Waals surface area (Å²) in [5, 5.41) is 10.6. The number of benzene rings is 2. The molecule has 0 bridgehead atoms. The van der Waals surface area contributed by atoms with Crippen LogP contribution in [-0.2, 0) is 22.6 Å². The van der Waals surface area contributed by atoms with Gasteiger partial charge in [0.15, 0.2) is 11.5 Å². The number of nitrogen functional groups attached to an aromatic ring is 1. The van der Waals surface area contributed by atoms with Gasteiger partial charge in [0, 0.05) is 36.2 Å². The molecular formula is C22H26N2O6. The molecule has 3 aromatic rings. The summed E-state index contributed by atoms with van der Waals surface area (Å²) in [7, 11) is 7.51. The van der Waals surface area contributed by atoms with E-state index in [0.717, 1.165) is 5.56 Å². The van der Waals surface area contributed by atoms with Gasteiger partial charge in [0.25, 0.3) is 6.47 Å². The number of ether oxygens (including phenoxy) is 2. The molecule has 3 N–H and O–H groups in total. The largest absolute Gasteiger partial charge is 0.504 e. The number of carbonyl (C=O) groups is 1. The van der Waals surface area contributed by atoms with Crippen LogP contribution in [0.5, 0.6) is 11.5 Å². The van der Waals surface area contributed by atoms with Crippen LogP contribution in [0.15, 0.2) is 45.6 Å². The van der Waals surface area contributed by atoms with E-state index in [4.69, 9.17) is 14.9 Å².